The van der Waals surface area contributed by atoms with E-state index in [0.717, 1.165) is 6.42 Å². The van der Waals surface area contributed by atoms with E-state index in [1.165, 1.54) is 92.0 Å². The largest absolute Gasteiger partial charge is 0.0654 e. The van der Waals surface area contributed by atoms with Crippen LogP contribution in [0.15, 0.2) is 48.0 Å². The molecular weight excluding hydrogens is 336 g/mol. The van der Waals surface area contributed by atoms with Gasteiger partial charge in [-0.1, -0.05) is 100 Å². The van der Waals surface area contributed by atoms with Crippen LogP contribution < -0.4 is 0 Å². The van der Waals surface area contributed by atoms with Crippen molar-refractivity contribution < 1.29 is 0 Å². The van der Waals surface area contributed by atoms with Crippen molar-refractivity contribution in [2.24, 2.45) is 5.41 Å². The predicted octanol–water partition coefficient (Wildman–Crippen LogP) is 8.39. The zero-order valence-electron chi connectivity index (χ0n) is 17.9. The molecule has 0 atom stereocenters. The third-order valence-corrected chi connectivity index (χ3v) is 7.18. The first-order valence-electron chi connectivity index (χ1n) is 11.6. The zero-order valence-corrected chi connectivity index (χ0v) is 17.9. The second kappa shape index (κ2) is 8.68. The smallest absolute Gasteiger partial charge is 0.00574 e. The summed E-state index contributed by atoms with van der Waals surface area (Å²) in [5.74, 6) is 0. The van der Waals surface area contributed by atoms with Crippen molar-refractivity contribution in [3.8, 4) is 11.1 Å². The Bertz CT molecular complexity index is 814. The topological polar surface area (TPSA) is 0 Å². The molecule has 0 radical (unpaired) electrons. The molecule has 2 aliphatic carbocycles. The number of hydrogen-bond donors (Lipinski definition) is 0. The van der Waals surface area contributed by atoms with E-state index in [0.29, 0.717) is 5.41 Å². The summed E-state index contributed by atoms with van der Waals surface area (Å²) >= 11 is 0. The SMILES string of the molecule is CCCC1(CC2=Cc3c(cccc3-c3ccc(CC)cc3)C2)CCCCCC1. The Kier molecular flexibility index (Phi) is 6.04. The van der Waals surface area contributed by atoms with Crippen LogP contribution in [-0.4, -0.2) is 0 Å². The fraction of sp³-hybridized carbons (Fsp3) is 0.500. The van der Waals surface area contributed by atoms with Gasteiger partial charge in [0, 0.05) is 0 Å². The van der Waals surface area contributed by atoms with Crippen LogP contribution in [0.2, 0.25) is 0 Å². The Balaban J connectivity index is 1.61. The lowest BCUT2D eigenvalue weighted by Crippen LogP contribution is -2.20. The average molecular weight is 373 g/mol. The zero-order chi connectivity index (χ0) is 19.4. The first kappa shape index (κ1) is 19.5. The maximum absolute atomic E-state index is 2.56. The summed E-state index contributed by atoms with van der Waals surface area (Å²) in [4.78, 5) is 0. The third-order valence-electron chi connectivity index (χ3n) is 7.18. The summed E-state index contributed by atoms with van der Waals surface area (Å²) in [5.41, 5.74) is 9.48. The second-order valence-corrected chi connectivity index (χ2v) is 9.25. The van der Waals surface area contributed by atoms with E-state index in [9.17, 15) is 0 Å². The van der Waals surface area contributed by atoms with Crippen LogP contribution in [0.3, 0.4) is 0 Å². The molecule has 0 saturated heterocycles. The molecule has 0 N–H and O–H groups in total. The molecule has 0 spiro atoms. The lowest BCUT2D eigenvalue weighted by atomic mass is 9.72. The highest BCUT2D eigenvalue weighted by molar-refractivity contribution is 5.80. The molecule has 2 aliphatic rings. The number of hydrogen-bond acceptors (Lipinski definition) is 0. The lowest BCUT2D eigenvalue weighted by Gasteiger charge is -2.33. The maximum Gasteiger partial charge on any atom is -0.00574 e. The number of aryl methyl sites for hydroxylation is 1. The fourth-order valence-electron chi connectivity index (χ4n) is 5.73. The van der Waals surface area contributed by atoms with E-state index in [4.69, 9.17) is 0 Å². The summed E-state index contributed by atoms with van der Waals surface area (Å²) in [6.45, 7) is 4.60. The highest BCUT2D eigenvalue weighted by Gasteiger charge is 2.32. The minimum atomic E-state index is 0.571. The van der Waals surface area contributed by atoms with Crippen molar-refractivity contribution in [1.29, 1.82) is 0 Å². The van der Waals surface area contributed by atoms with Crippen molar-refractivity contribution in [1.82, 2.24) is 0 Å². The molecule has 0 aromatic heterocycles. The van der Waals surface area contributed by atoms with Crippen molar-refractivity contribution in [3.63, 3.8) is 0 Å². The van der Waals surface area contributed by atoms with Gasteiger partial charge in [-0.25, -0.2) is 0 Å². The number of fused-ring (bicyclic) bond motifs is 1. The van der Waals surface area contributed by atoms with Crippen LogP contribution in [0.1, 0.15) is 88.3 Å². The van der Waals surface area contributed by atoms with Gasteiger partial charge in [0.2, 0.25) is 0 Å². The van der Waals surface area contributed by atoms with E-state index in [1.807, 2.05) is 0 Å². The first-order valence-corrected chi connectivity index (χ1v) is 11.6. The van der Waals surface area contributed by atoms with Crippen LogP contribution in [0, 0.1) is 5.41 Å². The van der Waals surface area contributed by atoms with Crippen LogP contribution in [0.4, 0.5) is 0 Å². The molecule has 0 amide bonds. The van der Waals surface area contributed by atoms with Crippen molar-refractivity contribution in [2.45, 2.75) is 84.5 Å². The lowest BCUT2D eigenvalue weighted by molar-refractivity contribution is 0.217. The first-order chi connectivity index (χ1) is 13.7. The minimum absolute atomic E-state index is 0.571. The van der Waals surface area contributed by atoms with Gasteiger partial charge in [-0.15, -0.1) is 0 Å². The molecule has 0 heteroatoms. The monoisotopic (exact) mass is 372 g/mol. The van der Waals surface area contributed by atoms with Crippen molar-refractivity contribution >= 4 is 6.08 Å². The highest BCUT2D eigenvalue weighted by Crippen LogP contribution is 2.46. The Morgan fingerprint density at radius 3 is 2.29 bits per heavy atom. The van der Waals surface area contributed by atoms with Gasteiger partial charge >= 0.3 is 0 Å². The Morgan fingerprint density at radius 1 is 0.857 bits per heavy atom. The van der Waals surface area contributed by atoms with E-state index >= 15 is 0 Å². The van der Waals surface area contributed by atoms with Gasteiger partial charge in [-0.2, -0.15) is 0 Å². The van der Waals surface area contributed by atoms with Gasteiger partial charge in [-0.3, -0.25) is 0 Å². The standard InChI is InChI=1S/C28H36/c1-3-16-28(17-7-5-6-8-18-28)21-23-19-25-10-9-11-26(27(25)20-23)24-14-12-22(4-2)13-15-24/h9-15,20H,3-8,16-19,21H2,1-2H3. The van der Waals surface area contributed by atoms with E-state index < -0.39 is 0 Å². The van der Waals surface area contributed by atoms with Gasteiger partial charge in [-0.05, 0) is 71.8 Å². The van der Waals surface area contributed by atoms with Crippen molar-refractivity contribution in [3.05, 3.63) is 64.7 Å². The van der Waals surface area contributed by atoms with Gasteiger partial charge in [0.15, 0.2) is 0 Å². The molecule has 0 unspecified atom stereocenters. The van der Waals surface area contributed by atoms with Crippen molar-refractivity contribution in [2.75, 3.05) is 0 Å². The number of benzene rings is 2. The number of allylic oxidation sites excluding steroid dienone is 1. The summed E-state index contributed by atoms with van der Waals surface area (Å²) < 4.78 is 0. The molecule has 1 saturated carbocycles. The van der Waals surface area contributed by atoms with Gasteiger partial charge in [0.1, 0.15) is 0 Å². The van der Waals surface area contributed by atoms with Crippen LogP contribution >= 0.6 is 0 Å². The Morgan fingerprint density at radius 2 is 1.61 bits per heavy atom. The van der Waals surface area contributed by atoms with Gasteiger partial charge in [0.05, 0.1) is 0 Å². The summed E-state index contributed by atoms with van der Waals surface area (Å²) in [7, 11) is 0. The third kappa shape index (κ3) is 4.12. The van der Waals surface area contributed by atoms with Crippen LogP contribution in [-0.2, 0) is 12.8 Å². The molecule has 0 bridgehead atoms. The molecule has 28 heavy (non-hydrogen) atoms. The van der Waals surface area contributed by atoms with Gasteiger partial charge in [0.25, 0.3) is 0 Å². The summed E-state index contributed by atoms with van der Waals surface area (Å²) in [6.07, 6.45) is 17.6. The van der Waals surface area contributed by atoms with E-state index in [2.05, 4.69) is 62.4 Å². The summed E-state index contributed by atoms with van der Waals surface area (Å²) in [6, 6.07) is 16.1. The van der Waals surface area contributed by atoms with Crippen LogP contribution in [0.25, 0.3) is 17.2 Å². The molecule has 0 heterocycles. The number of rotatable bonds is 6. The molecule has 148 valence electrons. The molecule has 4 rings (SSSR count). The minimum Gasteiger partial charge on any atom is -0.0654 e. The Hall–Kier alpha value is -1.82. The second-order valence-electron chi connectivity index (χ2n) is 9.25. The molecule has 2 aromatic rings. The molecule has 0 aliphatic heterocycles. The quantitative estimate of drug-likeness (QED) is 0.447. The molecule has 2 aromatic carbocycles. The van der Waals surface area contributed by atoms with Gasteiger partial charge < -0.3 is 0 Å². The maximum atomic E-state index is 2.56. The van der Waals surface area contributed by atoms with E-state index in [1.54, 1.807) is 5.57 Å². The highest BCUT2D eigenvalue weighted by atomic mass is 14.4. The molecule has 1 fully saturated rings. The normalized spacial score (nSPS) is 18.4. The average Bonchev–Trinajstić information content (AvgIpc) is 2.99. The fourth-order valence-corrected chi connectivity index (χ4v) is 5.73. The summed E-state index contributed by atoms with van der Waals surface area (Å²) in [5, 5.41) is 0. The molecule has 0 nitrogen and oxygen atoms in total. The van der Waals surface area contributed by atoms with Crippen LogP contribution in [0.5, 0.6) is 0 Å². The Labute approximate surface area is 172 Å². The predicted molar refractivity (Wildman–Crippen MR) is 123 cm³/mol. The van der Waals surface area contributed by atoms with E-state index in [-0.39, 0.29) is 0 Å². The molecular formula is C28H36.